The second-order valence-electron chi connectivity index (χ2n) is 20.8. The average Bonchev–Trinajstić information content (AvgIpc) is 3.30. The van der Waals surface area contributed by atoms with Crippen molar-refractivity contribution >= 4 is 89.5 Å². The lowest BCUT2D eigenvalue weighted by Gasteiger charge is -2.45. The van der Waals surface area contributed by atoms with Crippen LogP contribution in [0.5, 0.6) is 0 Å². The van der Waals surface area contributed by atoms with Crippen LogP contribution in [-0.4, -0.2) is 6.71 Å². The van der Waals surface area contributed by atoms with Crippen molar-refractivity contribution in [1.82, 2.24) is 0 Å². The van der Waals surface area contributed by atoms with Gasteiger partial charge in [0.25, 0.3) is 6.71 Å². The van der Waals surface area contributed by atoms with Gasteiger partial charge in [-0.05, 0) is 150 Å². The predicted molar refractivity (Wildman–Crippen MR) is 282 cm³/mol. The number of aryl methyl sites for hydroxylation is 2. The van der Waals surface area contributed by atoms with E-state index >= 15 is 0 Å². The largest absolute Gasteiger partial charge is 0.311 e. The Morgan fingerprint density at radius 3 is 1.58 bits per heavy atom. The number of rotatable bonds is 4. The third-order valence-electron chi connectivity index (χ3n) is 14.4. The van der Waals surface area contributed by atoms with Crippen LogP contribution in [0.1, 0.15) is 63.8 Å². The Hall–Kier alpha value is -7.10. The van der Waals surface area contributed by atoms with Crippen molar-refractivity contribution in [2.45, 2.75) is 66.2 Å². The molecule has 10 aromatic carbocycles. The number of hydrogen-bond acceptors (Lipinski definition) is 2. The second kappa shape index (κ2) is 14.2. The van der Waals surface area contributed by atoms with Gasteiger partial charge < -0.3 is 9.80 Å². The first-order chi connectivity index (χ1) is 31.3. The summed E-state index contributed by atoms with van der Waals surface area (Å²) in [7, 11) is 0. The average molecular weight is 837 g/mol. The molecule has 0 aromatic heterocycles. The van der Waals surface area contributed by atoms with E-state index in [1.165, 1.54) is 127 Å². The summed E-state index contributed by atoms with van der Waals surface area (Å²) in [6, 6.07) is 67.5. The monoisotopic (exact) mass is 836 g/mol. The minimum absolute atomic E-state index is 0.0304. The molecule has 10 aromatic rings. The molecule has 0 atom stereocenters. The van der Waals surface area contributed by atoms with E-state index in [1.54, 1.807) is 0 Å². The summed E-state index contributed by atoms with van der Waals surface area (Å²) in [5.41, 5.74) is 21.3. The van der Waals surface area contributed by atoms with Gasteiger partial charge >= 0.3 is 0 Å². The third kappa shape index (κ3) is 6.16. The maximum absolute atomic E-state index is 2.62. The Kier molecular flexibility index (Phi) is 8.63. The molecule has 0 fully saturated rings. The van der Waals surface area contributed by atoms with Crippen LogP contribution in [0.25, 0.3) is 54.6 Å². The molecule has 0 saturated heterocycles. The first-order valence-corrected chi connectivity index (χ1v) is 23.3. The highest BCUT2D eigenvalue weighted by Gasteiger charge is 2.44. The van der Waals surface area contributed by atoms with Gasteiger partial charge in [-0.25, -0.2) is 0 Å². The molecule has 0 amide bonds. The Bertz CT molecular complexity index is 3520. The van der Waals surface area contributed by atoms with Gasteiger partial charge in [-0.1, -0.05) is 180 Å². The summed E-state index contributed by atoms with van der Waals surface area (Å²) in [4.78, 5) is 5.17. The smallest absolute Gasteiger partial charge is 0.252 e. The molecule has 65 heavy (non-hydrogen) atoms. The molecule has 2 nitrogen and oxygen atoms in total. The first-order valence-electron chi connectivity index (χ1n) is 23.3. The lowest BCUT2D eigenvalue weighted by molar-refractivity contribution is 0.590. The standard InChI is InChI=1S/C62H53BN2/c1-38-17-30-54-51(33-38)63-52-34-39(2)18-31-55(52)65(57-36-44(40-13-10-9-11-14-40)35-56(60(57)63)64(54)47-26-23-45(24-27-47)61(3,4)5)53-32-25-46(62(6,7)8)37-50(53)48-28-21-43-20-19-41-15-12-16-42-22-29-49(48)59(43)58(41)42/h9-37H,1-8H3. The fourth-order valence-electron chi connectivity index (χ4n) is 11.1. The highest BCUT2D eigenvalue weighted by molar-refractivity contribution is 7.00. The summed E-state index contributed by atoms with van der Waals surface area (Å²) in [6.07, 6.45) is 0. The van der Waals surface area contributed by atoms with Gasteiger partial charge in [0, 0.05) is 34.0 Å². The highest BCUT2D eigenvalue weighted by Crippen LogP contribution is 2.50. The van der Waals surface area contributed by atoms with Crippen LogP contribution in [0.15, 0.2) is 176 Å². The zero-order chi connectivity index (χ0) is 44.5. The molecule has 12 rings (SSSR count). The third-order valence-corrected chi connectivity index (χ3v) is 14.4. The molecule has 2 aliphatic rings. The van der Waals surface area contributed by atoms with Crippen LogP contribution < -0.4 is 26.2 Å². The lowest BCUT2D eigenvalue weighted by atomic mass is 9.33. The molecule has 2 aliphatic heterocycles. The van der Waals surface area contributed by atoms with E-state index in [9.17, 15) is 0 Å². The molecule has 0 unspecified atom stereocenters. The molecule has 314 valence electrons. The zero-order valence-corrected chi connectivity index (χ0v) is 38.7. The second-order valence-corrected chi connectivity index (χ2v) is 20.8. The van der Waals surface area contributed by atoms with E-state index in [-0.39, 0.29) is 17.5 Å². The summed E-state index contributed by atoms with van der Waals surface area (Å²) in [6.45, 7) is 18.4. The van der Waals surface area contributed by atoms with Gasteiger partial charge in [0.1, 0.15) is 0 Å². The normalized spacial score (nSPS) is 13.4. The van der Waals surface area contributed by atoms with Crippen molar-refractivity contribution in [3.8, 4) is 22.3 Å². The number of benzene rings is 10. The molecule has 0 spiro atoms. The van der Waals surface area contributed by atoms with E-state index in [1.807, 2.05) is 0 Å². The molecule has 0 saturated carbocycles. The quantitative estimate of drug-likeness (QED) is 0.129. The van der Waals surface area contributed by atoms with Gasteiger partial charge in [-0.15, -0.1) is 0 Å². The molecular formula is C62H53BN2. The molecule has 0 radical (unpaired) electrons. The van der Waals surface area contributed by atoms with Crippen LogP contribution in [0, 0.1) is 13.8 Å². The lowest BCUT2D eigenvalue weighted by Crippen LogP contribution is -2.61. The molecule has 0 bridgehead atoms. The van der Waals surface area contributed by atoms with Crippen LogP contribution in [0.4, 0.5) is 34.1 Å². The molecule has 0 aliphatic carbocycles. The highest BCUT2D eigenvalue weighted by atomic mass is 15.2. The van der Waals surface area contributed by atoms with Gasteiger partial charge in [-0.2, -0.15) is 0 Å². The van der Waals surface area contributed by atoms with Crippen LogP contribution in [0.3, 0.4) is 0 Å². The predicted octanol–water partition coefficient (Wildman–Crippen LogP) is 15.2. The van der Waals surface area contributed by atoms with Crippen molar-refractivity contribution in [1.29, 1.82) is 0 Å². The first kappa shape index (κ1) is 39.5. The molecule has 3 heteroatoms. The van der Waals surface area contributed by atoms with Crippen LogP contribution in [0.2, 0.25) is 0 Å². The van der Waals surface area contributed by atoms with Crippen molar-refractivity contribution in [3.63, 3.8) is 0 Å². The molecular weight excluding hydrogens is 784 g/mol. The zero-order valence-electron chi connectivity index (χ0n) is 38.7. The van der Waals surface area contributed by atoms with E-state index in [0.717, 1.165) is 0 Å². The molecule has 0 N–H and O–H groups in total. The number of hydrogen-bond donors (Lipinski definition) is 0. The summed E-state index contributed by atoms with van der Waals surface area (Å²) in [5.74, 6) is 0. The number of anilines is 6. The topological polar surface area (TPSA) is 6.48 Å². The maximum Gasteiger partial charge on any atom is 0.252 e. The van der Waals surface area contributed by atoms with Crippen LogP contribution >= 0.6 is 0 Å². The molecule has 2 heterocycles. The Labute approximate surface area is 384 Å². The van der Waals surface area contributed by atoms with E-state index in [4.69, 9.17) is 0 Å². The van der Waals surface area contributed by atoms with Crippen molar-refractivity contribution in [2.24, 2.45) is 0 Å². The summed E-state index contributed by atoms with van der Waals surface area (Å²) in [5, 5.41) is 7.80. The van der Waals surface area contributed by atoms with Crippen molar-refractivity contribution < 1.29 is 0 Å². The Morgan fingerprint density at radius 1 is 0.385 bits per heavy atom. The number of nitrogens with zero attached hydrogens (tertiary/aromatic N) is 2. The van der Waals surface area contributed by atoms with E-state index in [0.29, 0.717) is 0 Å². The maximum atomic E-state index is 2.62. The minimum atomic E-state index is -0.0594. The summed E-state index contributed by atoms with van der Waals surface area (Å²) >= 11 is 0. The Balaban J connectivity index is 1.20. The Morgan fingerprint density at radius 2 is 0.938 bits per heavy atom. The van der Waals surface area contributed by atoms with Gasteiger partial charge in [0.05, 0.1) is 5.69 Å². The minimum Gasteiger partial charge on any atom is -0.311 e. The van der Waals surface area contributed by atoms with Gasteiger partial charge in [0.15, 0.2) is 0 Å². The fraction of sp³-hybridized carbons (Fsp3) is 0.161. The van der Waals surface area contributed by atoms with Crippen molar-refractivity contribution in [2.75, 3.05) is 9.80 Å². The number of fused-ring (bicyclic) bond motifs is 4. The van der Waals surface area contributed by atoms with Crippen LogP contribution in [-0.2, 0) is 10.8 Å². The van der Waals surface area contributed by atoms with Gasteiger partial charge in [-0.3, -0.25) is 0 Å². The fourth-order valence-corrected chi connectivity index (χ4v) is 11.1. The van der Waals surface area contributed by atoms with E-state index < -0.39 is 0 Å². The SMILES string of the molecule is Cc1ccc2c(c1)B1c3cc(C)ccc3N(c3ccc(C(C)(C)C)cc3-c3ccc4ccc5cccc6ccc3c4c56)c3cc(-c4ccccc4)cc(c31)N2c1ccc(C(C)(C)C)cc1. The van der Waals surface area contributed by atoms with E-state index in [2.05, 4.69) is 241 Å². The summed E-state index contributed by atoms with van der Waals surface area (Å²) < 4.78 is 0. The van der Waals surface area contributed by atoms with Crippen molar-refractivity contribution in [3.05, 3.63) is 198 Å². The van der Waals surface area contributed by atoms with Gasteiger partial charge in [0.2, 0.25) is 0 Å².